The van der Waals surface area contributed by atoms with E-state index in [1.54, 1.807) is 6.07 Å². The molecule has 2 N–H and O–H groups in total. The number of nitrogens with one attached hydrogen (secondary N) is 1. The summed E-state index contributed by atoms with van der Waals surface area (Å²) < 4.78 is 7.89. The highest BCUT2D eigenvalue weighted by molar-refractivity contribution is 7.00. The first-order valence-electron chi connectivity index (χ1n) is 3.23. The van der Waals surface area contributed by atoms with E-state index in [-0.39, 0.29) is 5.69 Å². The normalized spacial score (nSPS) is 13.5. The van der Waals surface area contributed by atoms with Gasteiger partial charge in [-0.15, -0.1) is 0 Å². The smallest absolute Gasteiger partial charge is 0.166 e. The fourth-order valence-corrected chi connectivity index (χ4v) is 1.43. The summed E-state index contributed by atoms with van der Waals surface area (Å²) in [5, 5.41) is 18.2. The summed E-state index contributed by atoms with van der Waals surface area (Å²) in [7, 11) is 0. The molecule has 0 aliphatic carbocycles. The van der Waals surface area contributed by atoms with Crippen molar-refractivity contribution < 1.29 is 10.4 Å². The number of benzene rings is 1. The summed E-state index contributed by atoms with van der Waals surface area (Å²) in [6.45, 7) is 0. The van der Waals surface area contributed by atoms with Gasteiger partial charge in [-0.25, -0.2) is 5.21 Å². The zero-order chi connectivity index (χ0) is 8.55. The maximum atomic E-state index is 10.5. The van der Waals surface area contributed by atoms with Crippen LogP contribution in [0.25, 0.3) is 11.0 Å². The standard InChI is InChI=1S/C6H5N3O2S/c10-9(11)4-1-2-5-6(3-4)8-12-7-5/h1-3,9-10H. The molecule has 0 aliphatic heterocycles. The summed E-state index contributed by atoms with van der Waals surface area (Å²) in [4.78, 5) is 0. The van der Waals surface area contributed by atoms with E-state index in [1.807, 2.05) is 0 Å². The molecular weight excluding hydrogens is 178 g/mol. The molecule has 1 aromatic carbocycles. The Morgan fingerprint density at radius 2 is 2.08 bits per heavy atom. The molecule has 1 heterocycles. The lowest BCUT2D eigenvalue weighted by Gasteiger charge is -2.10. The van der Waals surface area contributed by atoms with Crippen molar-refractivity contribution in [3.63, 3.8) is 0 Å². The van der Waals surface area contributed by atoms with Crippen LogP contribution in [0.2, 0.25) is 0 Å². The maximum absolute atomic E-state index is 10.5. The molecule has 0 aliphatic rings. The largest absolute Gasteiger partial charge is 0.595 e. The lowest BCUT2D eigenvalue weighted by atomic mass is 10.3. The highest BCUT2D eigenvalue weighted by atomic mass is 32.1. The fourth-order valence-electron chi connectivity index (χ4n) is 0.915. The average molecular weight is 183 g/mol. The monoisotopic (exact) mass is 183 g/mol. The van der Waals surface area contributed by atoms with E-state index in [4.69, 9.17) is 5.21 Å². The van der Waals surface area contributed by atoms with Crippen LogP contribution >= 0.6 is 11.7 Å². The van der Waals surface area contributed by atoms with Gasteiger partial charge in [0.05, 0.1) is 11.7 Å². The van der Waals surface area contributed by atoms with Crippen molar-refractivity contribution in [3.8, 4) is 0 Å². The van der Waals surface area contributed by atoms with Crippen molar-refractivity contribution in [2.45, 2.75) is 0 Å². The zero-order valence-electron chi connectivity index (χ0n) is 5.89. The number of aromatic nitrogens is 2. The van der Waals surface area contributed by atoms with Gasteiger partial charge in [-0.05, 0) is 6.07 Å². The molecule has 12 heavy (non-hydrogen) atoms. The quantitative estimate of drug-likeness (QED) is 0.615. The molecule has 6 heteroatoms. The maximum Gasteiger partial charge on any atom is 0.166 e. The van der Waals surface area contributed by atoms with Crippen LogP contribution in [0.1, 0.15) is 0 Å². The number of nitrogens with zero attached hydrogens (tertiary/aromatic N) is 2. The van der Waals surface area contributed by atoms with Crippen molar-refractivity contribution in [2.24, 2.45) is 0 Å². The van der Waals surface area contributed by atoms with Gasteiger partial charge in [0.25, 0.3) is 0 Å². The fraction of sp³-hybridized carbons (Fsp3) is 0. The van der Waals surface area contributed by atoms with Gasteiger partial charge in [0.2, 0.25) is 0 Å². The Labute approximate surface area is 71.7 Å². The Balaban J connectivity index is 2.60. The first-order chi connectivity index (χ1) is 5.77. The van der Waals surface area contributed by atoms with E-state index in [0.29, 0.717) is 5.52 Å². The molecule has 0 spiro atoms. The number of quaternary nitrogens is 1. The number of rotatable bonds is 1. The molecule has 5 nitrogen and oxygen atoms in total. The van der Waals surface area contributed by atoms with Crippen molar-refractivity contribution >= 4 is 28.4 Å². The first kappa shape index (κ1) is 7.56. The first-order valence-corrected chi connectivity index (χ1v) is 3.96. The van der Waals surface area contributed by atoms with Gasteiger partial charge in [0.1, 0.15) is 11.0 Å². The van der Waals surface area contributed by atoms with Crippen molar-refractivity contribution in [1.82, 2.24) is 8.75 Å². The third-order valence-electron chi connectivity index (χ3n) is 1.50. The highest BCUT2D eigenvalue weighted by Crippen LogP contribution is 2.13. The van der Waals surface area contributed by atoms with Gasteiger partial charge in [0.15, 0.2) is 5.69 Å². The number of hydrogen-bond acceptors (Lipinski definition) is 5. The molecule has 0 radical (unpaired) electrons. The van der Waals surface area contributed by atoms with Crippen molar-refractivity contribution in [1.29, 1.82) is 0 Å². The second-order valence-electron chi connectivity index (χ2n) is 2.27. The summed E-state index contributed by atoms with van der Waals surface area (Å²) in [6, 6.07) is 4.69. The molecule has 0 amide bonds. The molecule has 62 valence electrons. The van der Waals surface area contributed by atoms with E-state index < -0.39 is 5.23 Å². The summed E-state index contributed by atoms with van der Waals surface area (Å²) >= 11 is 1.08. The molecule has 1 atom stereocenters. The van der Waals surface area contributed by atoms with Crippen LogP contribution in [-0.4, -0.2) is 14.0 Å². The predicted octanol–water partition coefficient (Wildman–Crippen LogP) is 0.0947. The third-order valence-corrected chi connectivity index (χ3v) is 2.06. The molecule has 2 aromatic rings. The lowest BCUT2D eigenvalue weighted by molar-refractivity contribution is -0.991. The highest BCUT2D eigenvalue weighted by Gasteiger charge is 2.03. The molecule has 0 saturated heterocycles. The van der Waals surface area contributed by atoms with Gasteiger partial charge in [0, 0.05) is 12.1 Å². The van der Waals surface area contributed by atoms with Crippen LogP contribution in [-0.2, 0) is 0 Å². The molecule has 2 rings (SSSR count). The van der Waals surface area contributed by atoms with Crippen LogP contribution in [0, 0.1) is 5.21 Å². The van der Waals surface area contributed by atoms with Gasteiger partial charge >= 0.3 is 0 Å². The van der Waals surface area contributed by atoms with Crippen LogP contribution in [0.5, 0.6) is 0 Å². The number of hydrogen-bond donors (Lipinski definition) is 2. The second-order valence-corrected chi connectivity index (χ2v) is 2.80. The Bertz CT molecular complexity index is 400. The van der Waals surface area contributed by atoms with E-state index in [1.165, 1.54) is 12.1 Å². The predicted molar refractivity (Wildman–Crippen MR) is 43.2 cm³/mol. The summed E-state index contributed by atoms with van der Waals surface area (Å²) in [5.74, 6) is 0. The second kappa shape index (κ2) is 2.76. The van der Waals surface area contributed by atoms with Gasteiger partial charge < -0.3 is 5.21 Å². The lowest BCUT2D eigenvalue weighted by Crippen LogP contribution is -2.99. The Hall–Kier alpha value is -1.08. The van der Waals surface area contributed by atoms with E-state index in [9.17, 15) is 5.21 Å². The average Bonchev–Trinajstić information content (AvgIpc) is 2.49. The van der Waals surface area contributed by atoms with Crippen LogP contribution in [0.3, 0.4) is 0 Å². The van der Waals surface area contributed by atoms with Gasteiger partial charge in [-0.1, -0.05) is 0 Å². The summed E-state index contributed by atoms with van der Waals surface area (Å²) in [6.07, 6.45) is 0. The zero-order valence-corrected chi connectivity index (χ0v) is 6.71. The Morgan fingerprint density at radius 1 is 1.33 bits per heavy atom. The molecule has 0 fully saturated rings. The van der Waals surface area contributed by atoms with Crippen LogP contribution in [0.15, 0.2) is 18.2 Å². The molecule has 1 aromatic heterocycles. The van der Waals surface area contributed by atoms with E-state index >= 15 is 0 Å². The number of fused-ring (bicyclic) bond motifs is 1. The van der Waals surface area contributed by atoms with Gasteiger partial charge in [-0.3, -0.25) is 0 Å². The third kappa shape index (κ3) is 1.16. The Kier molecular flexibility index (Phi) is 1.74. The minimum Gasteiger partial charge on any atom is -0.595 e. The van der Waals surface area contributed by atoms with E-state index in [0.717, 1.165) is 17.2 Å². The SMILES string of the molecule is [O-][NH+](O)c1ccc2nsnc2c1. The van der Waals surface area contributed by atoms with E-state index in [2.05, 4.69) is 8.75 Å². The summed E-state index contributed by atoms with van der Waals surface area (Å²) in [5.41, 5.74) is 1.63. The topological polar surface area (TPSA) is 73.5 Å². The van der Waals surface area contributed by atoms with Crippen molar-refractivity contribution in [3.05, 3.63) is 23.4 Å². The van der Waals surface area contributed by atoms with Gasteiger partial charge in [-0.2, -0.15) is 14.0 Å². The Morgan fingerprint density at radius 3 is 2.83 bits per heavy atom. The molecule has 1 unspecified atom stereocenters. The van der Waals surface area contributed by atoms with Crippen LogP contribution < -0.4 is 5.23 Å². The minimum atomic E-state index is -0.940. The van der Waals surface area contributed by atoms with Crippen molar-refractivity contribution in [2.75, 3.05) is 0 Å². The van der Waals surface area contributed by atoms with Crippen LogP contribution in [0.4, 0.5) is 5.69 Å². The molecule has 0 saturated carbocycles. The molecule has 0 bridgehead atoms. The minimum absolute atomic E-state index is 0.246. The molecular formula is C6H5N3O2S.